The fourth-order valence-corrected chi connectivity index (χ4v) is 2.52. The number of rotatable bonds is 8. The third kappa shape index (κ3) is 4.21. The van der Waals surface area contributed by atoms with E-state index in [1.807, 2.05) is 12.1 Å². The van der Waals surface area contributed by atoms with E-state index in [-0.39, 0.29) is 18.6 Å². The van der Waals surface area contributed by atoms with Gasteiger partial charge in [0.15, 0.2) is 0 Å². The standard InChI is InChI=1S/C17H23NO3/c19-10-9-16(13-3-4-13)18-17(20)14-5-7-15(8-6-14)21-11-12-1-2-12/h5-8,12-13,16,19H,1-4,9-11H2,(H,18,20). The molecule has 0 aromatic heterocycles. The maximum absolute atomic E-state index is 12.2. The van der Waals surface area contributed by atoms with Gasteiger partial charge in [0.2, 0.25) is 0 Å². The first-order valence-corrected chi connectivity index (χ1v) is 7.91. The number of carbonyl (C=O) groups is 1. The van der Waals surface area contributed by atoms with Gasteiger partial charge in [-0.25, -0.2) is 0 Å². The summed E-state index contributed by atoms with van der Waals surface area (Å²) in [6, 6.07) is 7.43. The Kier molecular flexibility index (Phi) is 4.44. The number of ether oxygens (including phenoxy) is 1. The molecule has 1 atom stereocenters. The zero-order valence-corrected chi connectivity index (χ0v) is 12.3. The summed E-state index contributed by atoms with van der Waals surface area (Å²) in [6.07, 6.45) is 5.48. The molecule has 1 aromatic rings. The summed E-state index contributed by atoms with van der Waals surface area (Å²) >= 11 is 0. The smallest absolute Gasteiger partial charge is 0.251 e. The van der Waals surface area contributed by atoms with E-state index < -0.39 is 0 Å². The number of hydrogen-bond acceptors (Lipinski definition) is 3. The Balaban J connectivity index is 1.53. The highest BCUT2D eigenvalue weighted by Crippen LogP contribution is 2.34. The molecule has 1 amide bonds. The highest BCUT2D eigenvalue weighted by Gasteiger charge is 2.31. The molecule has 4 nitrogen and oxygen atoms in total. The van der Waals surface area contributed by atoms with Gasteiger partial charge in [0.05, 0.1) is 6.61 Å². The lowest BCUT2D eigenvalue weighted by molar-refractivity contribution is 0.0924. The first-order valence-electron chi connectivity index (χ1n) is 7.91. The summed E-state index contributed by atoms with van der Waals surface area (Å²) in [5, 5.41) is 12.1. The SMILES string of the molecule is O=C(NC(CCO)C1CC1)c1ccc(OCC2CC2)cc1. The fourth-order valence-electron chi connectivity index (χ4n) is 2.52. The van der Waals surface area contributed by atoms with Crippen LogP contribution < -0.4 is 10.1 Å². The molecule has 2 N–H and O–H groups in total. The predicted molar refractivity (Wildman–Crippen MR) is 80.3 cm³/mol. The lowest BCUT2D eigenvalue weighted by Gasteiger charge is -2.17. The van der Waals surface area contributed by atoms with Crippen LogP contribution in [0.4, 0.5) is 0 Å². The molecule has 0 bridgehead atoms. The summed E-state index contributed by atoms with van der Waals surface area (Å²) in [5.41, 5.74) is 0.650. The van der Waals surface area contributed by atoms with E-state index in [2.05, 4.69) is 5.32 Å². The average Bonchev–Trinajstić information content (AvgIpc) is 3.39. The van der Waals surface area contributed by atoms with Gasteiger partial charge in [-0.05, 0) is 68.2 Å². The largest absolute Gasteiger partial charge is 0.493 e. The third-order valence-electron chi connectivity index (χ3n) is 4.25. The van der Waals surface area contributed by atoms with Gasteiger partial charge in [-0.2, -0.15) is 0 Å². The summed E-state index contributed by atoms with van der Waals surface area (Å²) in [5.74, 6) is 2.04. The minimum Gasteiger partial charge on any atom is -0.493 e. The van der Waals surface area contributed by atoms with Crippen LogP contribution in [0.25, 0.3) is 0 Å². The molecule has 1 unspecified atom stereocenters. The Morgan fingerprint density at radius 2 is 1.95 bits per heavy atom. The van der Waals surface area contributed by atoms with Crippen molar-refractivity contribution < 1.29 is 14.6 Å². The minimum absolute atomic E-state index is 0.0610. The molecule has 2 saturated carbocycles. The number of aliphatic hydroxyl groups is 1. The number of hydrogen-bond donors (Lipinski definition) is 2. The monoisotopic (exact) mass is 289 g/mol. The van der Waals surface area contributed by atoms with E-state index >= 15 is 0 Å². The van der Waals surface area contributed by atoms with E-state index in [1.165, 1.54) is 12.8 Å². The number of amides is 1. The van der Waals surface area contributed by atoms with Crippen LogP contribution in [-0.2, 0) is 0 Å². The van der Waals surface area contributed by atoms with E-state index in [4.69, 9.17) is 9.84 Å². The highest BCUT2D eigenvalue weighted by molar-refractivity contribution is 5.94. The molecule has 0 spiro atoms. The van der Waals surface area contributed by atoms with Crippen molar-refractivity contribution in [3.63, 3.8) is 0 Å². The van der Waals surface area contributed by atoms with Crippen LogP contribution in [0, 0.1) is 11.8 Å². The maximum Gasteiger partial charge on any atom is 0.251 e. The molecule has 0 radical (unpaired) electrons. The summed E-state index contributed by atoms with van der Waals surface area (Å²) < 4.78 is 5.67. The zero-order chi connectivity index (χ0) is 14.7. The van der Waals surface area contributed by atoms with Gasteiger partial charge in [0.25, 0.3) is 5.91 Å². The maximum atomic E-state index is 12.2. The Morgan fingerprint density at radius 3 is 2.52 bits per heavy atom. The van der Waals surface area contributed by atoms with Crippen LogP contribution in [0.15, 0.2) is 24.3 Å². The summed E-state index contributed by atoms with van der Waals surface area (Å²) in [4.78, 5) is 12.2. The Hall–Kier alpha value is -1.55. The van der Waals surface area contributed by atoms with Crippen molar-refractivity contribution in [2.45, 2.75) is 38.1 Å². The van der Waals surface area contributed by atoms with Gasteiger partial charge in [-0.15, -0.1) is 0 Å². The van der Waals surface area contributed by atoms with Crippen LogP contribution in [0.3, 0.4) is 0 Å². The number of carbonyl (C=O) groups excluding carboxylic acids is 1. The van der Waals surface area contributed by atoms with Gasteiger partial charge in [-0.3, -0.25) is 4.79 Å². The molecule has 2 aliphatic rings. The molecule has 114 valence electrons. The average molecular weight is 289 g/mol. The van der Waals surface area contributed by atoms with Crippen molar-refractivity contribution in [1.82, 2.24) is 5.32 Å². The van der Waals surface area contributed by atoms with E-state index in [0.29, 0.717) is 17.9 Å². The molecule has 4 heteroatoms. The minimum atomic E-state index is -0.0610. The molecule has 2 fully saturated rings. The number of aliphatic hydroxyl groups excluding tert-OH is 1. The van der Waals surface area contributed by atoms with Crippen LogP contribution in [0.2, 0.25) is 0 Å². The Morgan fingerprint density at radius 1 is 1.24 bits per heavy atom. The van der Waals surface area contributed by atoms with Crippen LogP contribution in [-0.4, -0.2) is 30.3 Å². The van der Waals surface area contributed by atoms with Gasteiger partial charge in [0.1, 0.15) is 5.75 Å². The number of benzene rings is 1. The zero-order valence-electron chi connectivity index (χ0n) is 12.3. The van der Waals surface area contributed by atoms with E-state index in [1.54, 1.807) is 12.1 Å². The van der Waals surface area contributed by atoms with Crippen LogP contribution >= 0.6 is 0 Å². The van der Waals surface area contributed by atoms with Gasteiger partial charge in [0, 0.05) is 18.2 Å². The fraction of sp³-hybridized carbons (Fsp3) is 0.588. The van der Waals surface area contributed by atoms with Crippen molar-refractivity contribution in [2.24, 2.45) is 11.8 Å². The molecule has 1 aromatic carbocycles. The molecule has 2 aliphatic carbocycles. The van der Waals surface area contributed by atoms with Crippen molar-refractivity contribution in [3.8, 4) is 5.75 Å². The molecule has 21 heavy (non-hydrogen) atoms. The molecule has 0 saturated heterocycles. The topological polar surface area (TPSA) is 58.6 Å². The molecular weight excluding hydrogens is 266 g/mol. The van der Waals surface area contributed by atoms with Crippen LogP contribution in [0.1, 0.15) is 42.5 Å². The normalized spacial score (nSPS) is 19.1. The second-order valence-corrected chi connectivity index (χ2v) is 6.21. The van der Waals surface area contributed by atoms with Crippen molar-refractivity contribution in [3.05, 3.63) is 29.8 Å². The lowest BCUT2D eigenvalue weighted by Crippen LogP contribution is -2.37. The van der Waals surface area contributed by atoms with Crippen molar-refractivity contribution in [2.75, 3.05) is 13.2 Å². The molecular formula is C17H23NO3. The van der Waals surface area contributed by atoms with Gasteiger partial charge < -0.3 is 15.2 Å². The van der Waals surface area contributed by atoms with Gasteiger partial charge >= 0.3 is 0 Å². The van der Waals surface area contributed by atoms with E-state index in [0.717, 1.165) is 31.1 Å². The lowest BCUT2D eigenvalue weighted by atomic mass is 10.1. The summed E-state index contributed by atoms with van der Waals surface area (Å²) in [7, 11) is 0. The van der Waals surface area contributed by atoms with Crippen LogP contribution in [0.5, 0.6) is 5.75 Å². The summed E-state index contributed by atoms with van der Waals surface area (Å²) in [6.45, 7) is 0.904. The number of nitrogens with one attached hydrogen (secondary N) is 1. The highest BCUT2D eigenvalue weighted by atomic mass is 16.5. The van der Waals surface area contributed by atoms with Crippen molar-refractivity contribution >= 4 is 5.91 Å². The molecule has 0 aliphatic heterocycles. The van der Waals surface area contributed by atoms with Gasteiger partial charge in [-0.1, -0.05) is 0 Å². The second-order valence-electron chi connectivity index (χ2n) is 6.21. The quantitative estimate of drug-likeness (QED) is 0.772. The Labute approximate surface area is 125 Å². The first kappa shape index (κ1) is 14.4. The third-order valence-corrected chi connectivity index (χ3v) is 4.25. The Bertz CT molecular complexity index is 477. The van der Waals surface area contributed by atoms with Crippen molar-refractivity contribution in [1.29, 1.82) is 0 Å². The second kappa shape index (κ2) is 6.48. The van der Waals surface area contributed by atoms with E-state index in [9.17, 15) is 4.79 Å². The molecule has 3 rings (SSSR count). The predicted octanol–water partition coefficient (Wildman–Crippen LogP) is 2.37. The molecule has 0 heterocycles. The first-order chi connectivity index (χ1) is 10.3.